The molecule has 0 radical (unpaired) electrons. The number of rotatable bonds is 8. The Kier molecular flexibility index (Phi) is 6.94. The third-order valence-corrected chi connectivity index (χ3v) is 4.03. The molecular weight excluding hydrogens is 349 g/mol. The fraction of sp³-hybridized carbons (Fsp3) is 0.412. The van der Waals surface area contributed by atoms with Gasteiger partial charge >= 0.3 is 0 Å². The van der Waals surface area contributed by atoms with Crippen LogP contribution in [0.1, 0.15) is 26.2 Å². The second-order valence-corrected chi connectivity index (χ2v) is 6.04. The summed E-state index contributed by atoms with van der Waals surface area (Å²) in [5, 5.41) is 4.27. The molecule has 0 amide bonds. The number of ether oxygens (including phenoxy) is 2. The predicted octanol–water partition coefficient (Wildman–Crippen LogP) is 5.07. The topological polar surface area (TPSA) is 56.3 Å². The smallest absolute Gasteiger partial charge is 0.258 e. The Morgan fingerprint density at radius 3 is 2.42 bits per heavy atom. The van der Waals surface area contributed by atoms with Crippen LogP contribution in [0, 0.1) is 0 Å². The van der Waals surface area contributed by atoms with E-state index in [4.69, 9.17) is 32.7 Å². The average Bonchev–Trinajstić information content (AvgIpc) is 2.58. The van der Waals surface area contributed by atoms with Crippen molar-refractivity contribution in [1.29, 1.82) is 0 Å². The summed E-state index contributed by atoms with van der Waals surface area (Å²) in [6, 6.07) is 5.18. The zero-order chi connectivity index (χ0) is 17.5. The number of benzene rings is 1. The van der Waals surface area contributed by atoms with Gasteiger partial charge in [-0.1, -0.05) is 43.0 Å². The quantitative estimate of drug-likeness (QED) is 0.658. The van der Waals surface area contributed by atoms with E-state index >= 15 is 0 Å². The Morgan fingerprint density at radius 1 is 1.04 bits per heavy atom. The second kappa shape index (κ2) is 8.94. The number of hydrogen-bond donors (Lipinski definition) is 1. The molecule has 1 N–H and O–H groups in total. The van der Waals surface area contributed by atoms with E-state index in [1.807, 2.05) is 0 Å². The lowest BCUT2D eigenvalue weighted by atomic mass is 10.1. The largest absolute Gasteiger partial charge is 0.479 e. The predicted molar refractivity (Wildman–Crippen MR) is 98.6 cm³/mol. The molecule has 24 heavy (non-hydrogen) atoms. The first-order chi connectivity index (χ1) is 11.6. The van der Waals surface area contributed by atoms with Gasteiger partial charge in [-0.2, -0.15) is 4.98 Å². The number of methoxy groups -OCH3 is 2. The van der Waals surface area contributed by atoms with Crippen molar-refractivity contribution in [2.75, 3.05) is 26.1 Å². The molecule has 2 rings (SSSR count). The molecule has 1 heterocycles. The Bertz CT molecular complexity index is 696. The molecule has 0 spiro atoms. The highest BCUT2D eigenvalue weighted by atomic mass is 35.5. The molecule has 0 aliphatic heterocycles. The first kappa shape index (κ1) is 18.6. The van der Waals surface area contributed by atoms with Crippen LogP contribution in [0.25, 0.3) is 11.3 Å². The van der Waals surface area contributed by atoms with Gasteiger partial charge in [-0.25, -0.2) is 4.98 Å². The van der Waals surface area contributed by atoms with Crippen molar-refractivity contribution in [2.24, 2.45) is 0 Å². The van der Waals surface area contributed by atoms with Gasteiger partial charge in [-0.3, -0.25) is 0 Å². The molecule has 0 aliphatic rings. The van der Waals surface area contributed by atoms with Gasteiger partial charge in [-0.15, -0.1) is 0 Å². The van der Waals surface area contributed by atoms with Crippen LogP contribution in [0.5, 0.6) is 11.8 Å². The van der Waals surface area contributed by atoms with Crippen molar-refractivity contribution in [3.8, 4) is 23.0 Å². The van der Waals surface area contributed by atoms with Gasteiger partial charge in [0.25, 0.3) is 5.88 Å². The normalized spacial score (nSPS) is 10.5. The monoisotopic (exact) mass is 369 g/mol. The maximum atomic E-state index is 6.28. The average molecular weight is 370 g/mol. The van der Waals surface area contributed by atoms with Gasteiger partial charge in [0.1, 0.15) is 5.69 Å². The summed E-state index contributed by atoms with van der Waals surface area (Å²) in [4.78, 5) is 9.01. The van der Waals surface area contributed by atoms with E-state index in [1.165, 1.54) is 0 Å². The van der Waals surface area contributed by atoms with Gasteiger partial charge < -0.3 is 14.8 Å². The highest BCUT2D eigenvalue weighted by Gasteiger charge is 2.18. The van der Waals surface area contributed by atoms with Crippen LogP contribution in [0.15, 0.2) is 18.2 Å². The number of nitrogens with one attached hydrogen (secondary N) is 1. The van der Waals surface area contributed by atoms with E-state index in [2.05, 4.69) is 22.2 Å². The Morgan fingerprint density at radius 2 is 1.79 bits per heavy atom. The summed E-state index contributed by atoms with van der Waals surface area (Å²) < 4.78 is 10.8. The molecule has 1 aromatic heterocycles. The zero-order valence-electron chi connectivity index (χ0n) is 14.0. The van der Waals surface area contributed by atoms with E-state index in [0.29, 0.717) is 38.9 Å². The lowest BCUT2D eigenvalue weighted by molar-refractivity contribution is 0.379. The molecule has 5 nitrogen and oxygen atoms in total. The number of nitrogens with zero attached hydrogens (tertiary/aromatic N) is 2. The van der Waals surface area contributed by atoms with Crippen LogP contribution >= 0.6 is 23.2 Å². The highest BCUT2D eigenvalue weighted by molar-refractivity contribution is 6.36. The van der Waals surface area contributed by atoms with Crippen LogP contribution in [0.4, 0.5) is 5.82 Å². The lowest BCUT2D eigenvalue weighted by Crippen LogP contribution is -2.08. The fourth-order valence-electron chi connectivity index (χ4n) is 2.24. The molecule has 2 aromatic rings. The molecule has 0 saturated heterocycles. The Balaban J connectivity index is 2.38. The number of hydrogen-bond acceptors (Lipinski definition) is 5. The van der Waals surface area contributed by atoms with Gasteiger partial charge in [0.05, 0.1) is 19.2 Å². The molecule has 130 valence electrons. The van der Waals surface area contributed by atoms with E-state index in [-0.39, 0.29) is 0 Å². The number of unbranched alkanes of at least 4 members (excludes halogenated alkanes) is 2. The first-order valence-electron chi connectivity index (χ1n) is 7.80. The summed E-state index contributed by atoms with van der Waals surface area (Å²) in [6.45, 7) is 2.96. The number of anilines is 1. The van der Waals surface area contributed by atoms with E-state index in [9.17, 15) is 0 Å². The first-order valence-corrected chi connectivity index (χ1v) is 8.55. The van der Waals surface area contributed by atoms with Crippen LogP contribution < -0.4 is 14.8 Å². The minimum atomic E-state index is 0.373. The molecule has 0 bridgehead atoms. The minimum absolute atomic E-state index is 0.373. The van der Waals surface area contributed by atoms with Crippen molar-refractivity contribution in [1.82, 2.24) is 9.97 Å². The third-order valence-electron chi connectivity index (χ3n) is 3.48. The molecular formula is C17H21Cl2N3O2. The Labute approximate surface area is 152 Å². The summed E-state index contributed by atoms with van der Waals surface area (Å²) in [6.07, 6.45) is 3.36. The van der Waals surface area contributed by atoms with Crippen molar-refractivity contribution < 1.29 is 9.47 Å². The maximum Gasteiger partial charge on any atom is 0.258 e. The third kappa shape index (κ3) is 4.42. The zero-order valence-corrected chi connectivity index (χ0v) is 15.5. The second-order valence-electron chi connectivity index (χ2n) is 5.20. The number of halogens is 2. The summed E-state index contributed by atoms with van der Waals surface area (Å²) >= 11 is 12.2. The molecule has 0 fully saturated rings. The van der Waals surface area contributed by atoms with Crippen molar-refractivity contribution in [3.05, 3.63) is 28.2 Å². The van der Waals surface area contributed by atoms with Crippen LogP contribution in [-0.2, 0) is 0 Å². The van der Waals surface area contributed by atoms with Gasteiger partial charge in [-0.05, 0) is 24.6 Å². The molecule has 0 atom stereocenters. The van der Waals surface area contributed by atoms with Crippen molar-refractivity contribution in [2.45, 2.75) is 26.2 Å². The Hall–Kier alpha value is -1.72. The summed E-state index contributed by atoms with van der Waals surface area (Å²) in [7, 11) is 3.10. The van der Waals surface area contributed by atoms with E-state index in [1.54, 1.807) is 32.4 Å². The maximum absolute atomic E-state index is 6.28. The number of aromatic nitrogens is 2. The van der Waals surface area contributed by atoms with Gasteiger partial charge in [0.2, 0.25) is 5.88 Å². The standard InChI is InChI=1S/C17H21Cl2N3O2/c1-4-5-6-9-20-15-17(24-3)21-14(16(22-15)23-2)12-8-7-11(18)10-13(12)19/h7-8,10H,4-6,9H2,1-3H3,(H,20,22). The summed E-state index contributed by atoms with van der Waals surface area (Å²) in [5.41, 5.74) is 1.19. The van der Waals surface area contributed by atoms with Crippen LogP contribution in [0.3, 0.4) is 0 Å². The van der Waals surface area contributed by atoms with E-state index < -0.39 is 0 Å². The highest BCUT2D eigenvalue weighted by Crippen LogP contribution is 2.37. The fourth-order valence-corrected chi connectivity index (χ4v) is 2.74. The molecule has 0 saturated carbocycles. The van der Waals surface area contributed by atoms with Crippen molar-refractivity contribution >= 4 is 29.0 Å². The molecule has 1 aromatic carbocycles. The SMILES string of the molecule is CCCCCNc1nc(OC)c(-c2ccc(Cl)cc2Cl)nc1OC. The lowest BCUT2D eigenvalue weighted by Gasteiger charge is -2.14. The molecule has 0 aliphatic carbocycles. The van der Waals surface area contributed by atoms with Crippen LogP contribution in [0.2, 0.25) is 10.0 Å². The molecule has 0 unspecified atom stereocenters. The summed E-state index contributed by atoms with van der Waals surface area (Å²) in [5.74, 6) is 1.32. The van der Waals surface area contributed by atoms with E-state index in [0.717, 1.165) is 25.8 Å². The minimum Gasteiger partial charge on any atom is -0.479 e. The van der Waals surface area contributed by atoms with Crippen LogP contribution in [-0.4, -0.2) is 30.7 Å². The van der Waals surface area contributed by atoms with Gasteiger partial charge in [0.15, 0.2) is 5.82 Å². The van der Waals surface area contributed by atoms with Gasteiger partial charge in [0, 0.05) is 17.1 Å². The molecule has 7 heteroatoms. The van der Waals surface area contributed by atoms with Crippen molar-refractivity contribution in [3.63, 3.8) is 0 Å².